The molecule has 1 aliphatic carbocycles. The molecule has 0 saturated heterocycles. The summed E-state index contributed by atoms with van der Waals surface area (Å²) in [4.78, 5) is 11.8. The number of hydrogen-bond acceptors (Lipinski definition) is 3. The summed E-state index contributed by atoms with van der Waals surface area (Å²) in [7, 11) is 0. The first-order chi connectivity index (χ1) is 9.81. The number of ether oxygens (including phenoxy) is 1. The molecular weight excluding hydrogens is 270 g/mol. The monoisotopic (exact) mass is 291 g/mol. The van der Waals surface area contributed by atoms with Gasteiger partial charge in [-0.05, 0) is 42.6 Å². The van der Waals surface area contributed by atoms with Crippen LogP contribution in [0, 0.1) is 11.8 Å². The largest absolute Gasteiger partial charge is 0.493 e. The van der Waals surface area contributed by atoms with Crippen LogP contribution in [0.15, 0.2) is 24.3 Å². The third kappa shape index (κ3) is 3.92. The molecular formula is C16H21NO2S. The summed E-state index contributed by atoms with van der Waals surface area (Å²) in [6.07, 6.45) is 3.70. The summed E-state index contributed by atoms with van der Waals surface area (Å²) in [6.45, 7) is 1.42. The van der Waals surface area contributed by atoms with Crippen molar-refractivity contribution < 1.29 is 9.53 Å². The van der Waals surface area contributed by atoms with Crippen LogP contribution in [0.2, 0.25) is 0 Å². The molecule has 3 rings (SSSR count). The van der Waals surface area contributed by atoms with Crippen molar-refractivity contribution in [3.63, 3.8) is 0 Å². The van der Waals surface area contributed by atoms with Crippen molar-refractivity contribution >= 4 is 17.7 Å². The molecule has 0 aromatic heterocycles. The number of fused-ring (bicyclic) bond motifs is 1. The van der Waals surface area contributed by atoms with Crippen molar-refractivity contribution in [1.29, 1.82) is 0 Å². The van der Waals surface area contributed by atoms with Gasteiger partial charge < -0.3 is 10.1 Å². The van der Waals surface area contributed by atoms with E-state index in [2.05, 4.69) is 11.4 Å². The lowest BCUT2D eigenvalue weighted by Crippen LogP contribution is -2.35. The van der Waals surface area contributed by atoms with Gasteiger partial charge in [-0.15, -0.1) is 0 Å². The minimum Gasteiger partial charge on any atom is -0.493 e. The van der Waals surface area contributed by atoms with Crippen molar-refractivity contribution in [2.75, 3.05) is 24.7 Å². The normalized spacial score (nSPS) is 20.9. The fourth-order valence-corrected chi connectivity index (χ4v) is 3.51. The predicted molar refractivity (Wildman–Crippen MR) is 82.2 cm³/mol. The van der Waals surface area contributed by atoms with Crippen LogP contribution in [0.5, 0.6) is 5.75 Å². The quantitative estimate of drug-likeness (QED) is 0.875. The van der Waals surface area contributed by atoms with E-state index in [1.165, 1.54) is 18.4 Å². The molecule has 2 aliphatic rings. The lowest BCUT2D eigenvalue weighted by molar-refractivity contribution is -0.118. The number of amides is 1. The third-order valence-corrected chi connectivity index (χ3v) is 5.00. The number of nitrogens with one attached hydrogen (secondary N) is 1. The molecule has 0 bridgehead atoms. The Hall–Kier alpha value is -1.16. The number of rotatable bonds is 6. The standard InChI is InChI=1S/C16H21NO2S/c18-16(11-20-10-12-5-6-12)17-8-13-7-14-3-1-2-4-15(14)19-9-13/h1-4,12-13H,5-11H2,(H,17,18). The Bertz CT molecular complexity index is 473. The van der Waals surface area contributed by atoms with Gasteiger partial charge in [-0.3, -0.25) is 4.79 Å². The van der Waals surface area contributed by atoms with Gasteiger partial charge in [-0.2, -0.15) is 11.8 Å². The Morgan fingerprint density at radius 3 is 3.00 bits per heavy atom. The van der Waals surface area contributed by atoms with E-state index in [-0.39, 0.29) is 5.91 Å². The minimum atomic E-state index is 0.162. The smallest absolute Gasteiger partial charge is 0.230 e. The maximum Gasteiger partial charge on any atom is 0.230 e. The van der Waals surface area contributed by atoms with Gasteiger partial charge in [0.1, 0.15) is 5.75 Å². The summed E-state index contributed by atoms with van der Waals surface area (Å²) >= 11 is 1.76. The molecule has 0 spiro atoms. The number of thioether (sulfide) groups is 1. The molecule has 3 nitrogen and oxygen atoms in total. The van der Waals surface area contributed by atoms with Gasteiger partial charge in [0, 0.05) is 12.5 Å². The molecule has 1 aliphatic heterocycles. The van der Waals surface area contributed by atoms with Gasteiger partial charge in [0.15, 0.2) is 0 Å². The van der Waals surface area contributed by atoms with E-state index in [0.29, 0.717) is 18.3 Å². The molecule has 108 valence electrons. The molecule has 4 heteroatoms. The van der Waals surface area contributed by atoms with Gasteiger partial charge in [0.05, 0.1) is 12.4 Å². The van der Waals surface area contributed by atoms with E-state index in [0.717, 1.165) is 30.4 Å². The molecule has 1 aromatic carbocycles. The first kappa shape index (κ1) is 13.8. The molecule has 0 radical (unpaired) electrons. The second-order valence-electron chi connectivity index (χ2n) is 5.75. The third-order valence-electron chi connectivity index (χ3n) is 3.83. The highest BCUT2D eigenvalue weighted by Crippen LogP contribution is 2.32. The Balaban J connectivity index is 1.37. The molecule has 1 fully saturated rings. The molecule has 1 heterocycles. The van der Waals surface area contributed by atoms with Crippen molar-refractivity contribution in [3.8, 4) is 5.75 Å². The van der Waals surface area contributed by atoms with Gasteiger partial charge in [-0.25, -0.2) is 0 Å². The van der Waals surface area contributed by atoms with E-state index in [1.807, 2.05) is 18.2 Å². The summed E-state index contributed by atoms with van der Waals surface area (Å²) in [5.41, 5.74) is 1.25. The zero-order valence-electron chi connectivity index (χ0n) is 11.6. The molecule has 1 atom stereocenters. The fourth-order valence-electron chi connectivity index (χ4n) is 2.43. The minimum absolute atomic E-state index is 0.162. The average Bonchev–Trinajstić information content (AvgIpc) is 3.29. The second kappa shape index (κ2) is 6.53. The Morgan fingerprint density at radius 2 is 2.15 bits per heavy atom. The van der Waals surface area contributed by atoms with Gasteiger partial charge >= 0.3 is 0 Å². The van der Waals surface area contributed by atoms with E-state index >= 15 is 0 Å². The Labute approximate surface area is 124 Å². The summed E-state index contributed by atoms with van der Waals surface area (Å²) < 4.78 is 5.73. The SMILES string of the molecule is O=C(CSCC1CC1)NCC1COc2ccccc2C1. The average molecular weight is 291 g/mol. The van der Waals surface area contributed by atoms with E-state index in [9.17, 15) is 4.79 Å². The van der Waals surface area contributed by atoms with Crippen molar-refractivity contribution in [2.45, 2.75) is 19.3 Å². The molecule has 1 saturated carbocycles. The lowest BCUT2D eigenvalue weighted by atomic mass is 9.97. The first-order valence-electron chi connectivity index (χ1n) is 7.36. The highest BCUT2D eigenvalue weighted by atomic mass is 32.2. The maximum atomic E-state index is 11.8. The second-order valence-corrected chi connectivity index (χ2v) is 6.78. The first-order valence-corrected chi connectivity index (χ1v) is 8.52. The van der Waals surface area contributed by atoms with Crippen LogP contribution < -0.4 is 10.1 Å². The topological polar surface area (TPSA) is 38.3 Å². The molecule has 1 aromatic rings. The molecule has 20 heavy (non-hydrogen) atoms. The predicted octanol–water partition coefficient (Wildman–Crippen LogP) is 2.50. The molecule has 1 N–H and O–H groups in total. The van der Waals surface area contributed by atoms with Crippen LogP contribution in [-0.2, 0) is 11.2 Å². The van der Waals surface area contributed by atoms with Gasteiger partial charge in [0.2, 0.25) is 5.91 Å². The van der Waals surface area contributed by atoms with Gasteiger partial charge in [-0.1, -0.05) is 18.2 Å². The Morgan fingerprint density at radius 1 is 1.30 bits per heavy atom. The van der Waals surface area contributed by atoms with Crippen molar-refractivity contribution in [1.82, 2.24) is 5.32 Å². The van der Waals surface area contributed by atoms with Crippen LogP contribution >= 0.6 is 11.8 Å². The number of benzene rings is 1. The maximum absolute atomic E-state index is 11.8. The van der Waals surface area contributed by atoms with Crippen LogP contribution in [0.3, 0.4) is 0 Å². The molecule has 1 amide bonds. The van der Waals surface area contributed by atoms with E-state index in [1.54, 1.807) is 11.8 Å². The van der Waals surface area contributed by atoms with Crippen molar-refractivity contribution in [2.24, 2.45) is 11.8 Å². The number of carbonyl (C=O) groups excluding carboxylic acids is 1. The van der Waals surface area contributed by atoms with Crippen LogP contribution in [0.4, 0.5) is 0 Å². The summed E-state index contributed by atoms with van der Waals surface area (Å²) in [6, 6.07) is 8.16. The van der Waals surface area contributed by atoms with Crippen molar-refractivity contribution in [3.05, 3.63) is 29.8 Å². The van der Waals surface area contributed by atoms with Crippen LogP contribution in [0.1, 0.15) is 18.4 Å². The zero-order chi connectivity index (χ0) is 13.8. The lowest BCUT2D eigenvalue weighted by Gasteiger charge is -2.25. The molecule has 1 unspecified atom stereocenters. The highest BCUT2D eigenvalue weighted by molar-refractivity contribution is 7.99. The van der Waals surface area contributed by atoms with Gasteiger partial charge in [0.25, 0.3) is 0 Å². The Kier molecular flexibility index (Phi) is 4.51. The number of para-hydroxylation sites is 1. The fraction of sp³-hybridized carbons (Fsp3) is 0.562. The number of hydrogen-bond donors (Lipinski definition) is 1. The number of carbonyl (C=O) groups is 1. The van der Waals surface area contributed by atoms with E-state index in [4.69, 9.17) is 4.74 Å². The van der Waals surface area contributed by atoms with Crippen LogP contribution in [-0.4, -0.2) is 30.6 Å². The highest BCUT2D eigenvalue weighted by Gasteiger charge is 2.22. The zero-order valence-corrected chi connectivity index (χ0v) is 12.5. The van der Waals surface area contributed by atoms with E-state index < -0.39 is 0 Å². The van der Waals surface area contributed by atoms with Crippen LogP contribution in [0.25, 0.3) is 0 Å². The summed E-state index contributed by atoms with van der Waals surface area (Å²) in [5, 5.41) is 3.04. The summed E-state index contributed by atoms with van der Waals surface area (Å²) in [5.74, 6) is 4.18.